The summed E-state index contributed by atoms with van der Waals surface area (Å²) in [6.45, 7) is 11.5. The monoisotopic (exact) mass is 757 g/mol. The van der Waals surface area contributed by atoms with Crippen molar-refractivity contribution in [3.05, 3.63) is 58.6 Å². The molecule has 294 valence electrons. The molecule has 0 radical (unpaired) electrons. The van der Waals surface area contributed by atoms with Gasteiger partial charge in [-0.15, -0.1) is 0 Å². The Kier molecular flexibility index (Phi) is 22.5. The first-order chi connectivity index (χ1) is 25.6. The maximum absolute atomic E-state index is 12.5. The lowest BCUT2D eigenvalue weighted by Crippen LogP contribution is -2.46. The van der Waals surface area contributed by atoms with Gasteiger partial charge in [0.1, 0.15) is 0 Å². The molecule has 0 bridgehead atoms. The molecule has 0 aromatic heterocycles. The number of azo groups is 1. The fourth-order valence-electron chi connectivity index (χ4n) is 5.54. The van der Waals surface area contributed by atoms with Gasteiger partial charge in [-0.25, -0.2) is 0 Å². The first-order valence-corrected chi connectivity index (χ1v) is 20.8. The summed E-state index contributed by atoms with van der Waals surface area (Å²) in [5.74, 6) is -0.0406. The highest BCUT2D eigenvalue weighted by Crippen LogP contribution is 2.24. The molecule has 0 unspecified atom stereocenters. The Morgan fingerprint density at radius 1 is 0.679 bits per heavy atom. The summed E-state index contributed by atoms with van der Waals surface area (Å²) in [5, 5.41) is 28.0. The molecule has 2 aromatic rings. The van der Waals surface area contributed by atoms with E-state index in [2.05, 4.69) is 31.1 Å². The van der Waals surface area contributed by atoms with Crippen LogP contribution < -0.4 is 20.9 Å². The number of nitrogens with zero attached hydrogens (tertiary/aromatic N) is 4. The van der Waals surface area contributed by atoms with E-state index in [1.165, 1.54) is 31.2 Å². The van der Waals surface area contributed by atoms with Crippen LogP contribution in [0.3, 0.4) is 0 Å². The number of nitro benzene ring substituents is 1. The quantitative estimate of drug-likeness (QED) is 0.0266. The van der Waals surface area contributed by atoms with Crippen molar-refractivity contribution in [1.82, 2.24) is 16.0 Å². The lowest BCUT2D eigenvalue weighted by atomic mass is 10.1. The van der Waals surface area contributed by atoms with Gasteiger partial charge in [0.05, 0.1) is 16.3 Å². The second-order valence-corrected chi connectivity index (χ2v) is 15.1. The lowest BCUT2D eigenvalue weighted by molar-refractivity contribution is -0.384. The normalized spacial score (nSPS) is 11.4. The van der Waals surface area contributed by atoms with Crippen LogP contribution in [0.2, 0.25) is 6.04 Å². The number of nitro groups is 1. The molecule has 0 heterocycles. The molecule has 0 fully saturated rings. The van der Waals surface area contributed by atoms with E-state index < -0.39 is 13.7 Å². The van der Waals surface area contributed by atoms with Crippen LogP contribution >= 0.6 is 0 Å². The molecule has 3 amide bonds. The van der Waals surface area contributed by atoms with Crippen molar-refractivity contribution in [2.45, 2.75) is 91.5 Å². The van der Waals surface area contributed by atoms with Crippen LogP contribution in [0.4, 0.5) is 22.7 Å². The number of benzene rings is 2. The maximum Gasteiger partial charge on any atom is 0.500 e. The molecule has 0 aliphatic carbocycles. The van der Waals surface area contributed by atoms with Crippen molar-refractivity contribution in [3.8, 4) is 0 Å². The summed E-state index contributed by atoms with van der Waals surface area (Å²) in [7, 11) is -2.68. The van der Waals surface area contributed by atoms with Crippen molar-refractivity contribution in [2.75, 3.05) is 57.4 Å². The Bertz CT molecular complexity index is 1380. The minimum Gasteiger partial charge on any atom is -0.374 e. The number of nitrogens with one attached hydrogen (secondary N) is 3. The zero-order valence-electron chi connectivity index (χ0n) is 31.9. The Morgan fingerprint density at radius 3 is 1.60 bits per heavy atom. The van der Waals surface area contributed by atoms with E-state index in [0.29, 0.717) is 82.8 Å². The molecule has 0 aliphatic rings. The highest BCUT2D eigenvalue weighted by Gasteiger charge is 2.39. The van der Waals surface area contributed by atoms with Gasteiger partial charge < -0.3 is 34.1 Å². The highest BCUT2D eigenvalue weighted by atomic mass is 28.4. The van der Waals surface area contributed by atoms with Gasteiger partial charge in [-0.1, -0.05) is 25.7 Å². The number of unbranched alkanes of at least 4 members (excludes halogenated alkanes) is 5. The SMILES string of the molecule is CCO[Si](CCCNC(=O)CCCCCCCCC(=O)NCCN(CCNC(C)=O)c1ccc(N=Nc2ccc([N+](=O)[O-])cc2)cc1)(OCC)OCC. The minimum absolute atomic E-state index is 0.00848. The second kappa shape index (κ2) is 26.5. The van der Waals surface area contributed by atoms with Gasteiger partial charge in [0.2, 0.25) is 17.7 Å². The number of carbonyl (C=O) groups is 3. The van der Waals surface area contributed by atoms with Crippen molar-refractivity contribution in [1.29, 1.82) is 0 Å². The first kappa shape index (κ1) is 44.9. The van der Waals surface area contributed by atoms with Gasteiger partial charge in [0, 0.05) is 96.2 Å². The summed E-state index contributed by atoms with van der Waals surface area (Å²) in [6, 6.07) is 13.9. The number of rotatable bonds is 29. The van der Waals surface area contributed by atoms with Crippen LogP contribution in [-0.4, -0.2) is 84.0 Å². The number of amides is 3. The van der Waals surface area contributed by atoms with Gasteiger partial charge >= 0.3 is 8.80 Å². The zero-order valence-corrected chi connectivity index (χ0v) is 32.9. The van der Waals surface area contributed by atoms with Crippen LogP contribution in [-0.2, 0) is 27.7 Å². The summed E-state index contributed by atoms with van der Waals surface area (Å²) in [6.07, 6.45) is 7.36. The molecule has 0 spiro atoms. The fourth-order valence-corrected chi connectivity index (χ4v) is 8.16. The van der Waals surface area contributed by atoms with Gasteiger partial charge in [-0.3, -0.25) is 24.5 Å². The van der Waals surface area contributed by atoms with E-state index >= 15 is 0 Å². The predicted octanol–water partition coefficient (Wildman–Crippen LogP) is 6.74. The fraction of sp³-hybridized carbons (Fsp3) is 0.595. The summed E-state index contributed by atoms with van der Waals surface area (Å²) in [4.78, 5) is 48.7. The van der Waals surface area contributed by atoms with Crippen LogP contribution in [0.25, 0.3) is 0 Å². The second-order valence-electron chi connectivity index (χ2n) is 12.4. The average Bonchev–Trinajstić information content (AvgIpc) is 3.13. The lowest BCUT2D eigenvalue weighted by Gasteiger charge is -2.28. The number of non-ortho nitro benzene ring substituents is 1. The highest BCUT2D eigenvalue weighted by molar-refractivity contribution is 6.60. The molecule has 0 atom stereocenters. The predicted molar refractivity (Wildman–Crippen MR) is 208 cm³/mol. The molecule has 0 aliphatic heterocycles. The standard InChI is InChI=1S/C37H59N7O8Si/c1-5-50-53(51-6-2,52-7-3)30-14-25-39-36(46)15-12-10-8-9-11-13-16-37(47)40-27-29-43(28-26-38-31(4)45)34-21-17-32(18-22-34)41-42-33-19-23-35(24-20-33)44(48)49/h17-24H,5-16,25-30H2,1-4H3,(H,38,45)(H,39,46)(H,40,47). The van der Waals surface area contributed by atoms with E-state index in [4.69, 9.17) is 13.3 Å². The smallest absolute Gasteiger partial charge is 0.374 e. The molecule has 3 N–H and O–H groups in total. The van der Waals surface area contributed by atoms with Crippen LogP contribution in [0, 0.1) is 10.1 Å². The maximum atomic E-state index is 12.5. The molecule has 0 saturated heterocycles. The van der Waals surface area contributed by atoms with Crippen molar-refractivity contribution in [2.24, 2.45) is 10.2 Å². The molecule has 15 nitrogen and oxygen atoms in total. The Balaban J connectivity index is 1.63. The molecule has 2 aromatic carbocycles. The van der Waals surface area contributed by atoms with Crippen molar-refractivity contribution >= 4 is 49.3 Å². The third-order valence-electron chi connectivity index (χ3n) is 8.15. The molecular formula is C37H59N7O8Si. The van der Waals surface area contributed by atoms with E-state index in [0.717, 1.165) is 50.6 Å². The summed E-state index contributed by atoms with van der Waals surface area (Å²) >= 11 is 0. The minimum atomic E-state index is -2.68. The number of carbonyl (C=O) groups excluding carboxylic acids is 3. The summed E-state index contributed by atoms with van der Waals surface area (Å²) < 4.78 is 17.6. The number of hydrogen-bond donors (Lipinski definition) is 3. The van der Waals surface area contributed by atoms with E-state index in [1.54, 1.807) is 0 Å². The molecule has 53 heavy (non-hydrogen) atoms. The molecule has 2 rings (SSSR count). The van der Waals surface area contributed by atoms with Crippen LogP contribution in [0.15, 0.2) is 58.8 Å². The van der Waals surface area contributed by atoms with Gasteiger partial charge in [0.25, 0.3) is 5.69 Å². The number of hydrogen-bond acceptors (Lipinski definition) is 11. The third-order valence-corrected chi connectivity index (χ3v) is 11.3. The topological polar surface area (TPSA) is 186 Å². The molecule has 16 heteroatoms. The van der Waals surface area contributed by atoms with E-state index in [-0.39, 0.29) is 23.4 Å². The Morgan fingerprint density at radius 2 is 1.13 bits per heavy atom. The molecular weight excluding hydrogens is 699 g/mol. The van der Waals surface area contributed by atoms with Gasteiger partial charge in [0.15, 0.2) is 0 Å². The summed E-state index contributed by atoms with van der Waals surface area (Å²) in [5.41, 5.74) is 2.00. The van der Waals surface area contributed by atoms with Gasteiger partial charge in [-0.05, 0) is 76.4 Å². The van der Waals surface area contributed by atoms with E-state index in [9.17, 15) is 24.5 Å². The van der Waals surface area contributed by atoms with E-state index in [1.807, 2.05) is 45.0 Å². The Hall–Kier alpha value is -4.25. The third kappa shape index (κ3) is 19.4. The van der Waals surface area contributed by atoms with Crippen molar-refractivity contribution < 1.29 is 32.6 Å². The largest absolute Gasteiger partial charge is 0.500 e. The molecule has 0 saturated carbocycles. The Labute approximate surface area is 315 Å². The zero-order chi connectivity index (χ0) is 38.7. The average molecular weight is 758 g/mol. The number of anilines is 1. The first-order valence-electron chi connectivity index (χ1n) is 18.8. The van der Waals surface area contributed by atoms with Crippen LogP contribution in [0.5, 0.6) is 0 Å². The van der Waals surface area contributed by atoms with Crippen molar-refractivity contribution in [3.63, 3.8) is 0 Å². The van der Waals surface area contributed by atoms with Gasteiger partial charge in [-0.2, -0.15) is 10.2 Å². The van der Waals surface area contributed by atoms with Crippen LogP contribution in [0.1, 0.15) is 85.5 Å².